The number of halogens is 5. The van der Waals surface area contributed by atoms with E-state index in [0.717, 1.165) is 50.3 Å². The van der Waals surface area contributed by atoms with Crippen LogP contribution in [0, 0.1) is 23.3 Å². The van der Waals surface area contributed by atoms with Gasteiger partial charge in [0, 0.05) is 23.7 Å². The fourth-order valence-corrected chi connectivity index (χ4v) is 5.65. The highest BCUT2D eigenvalue weighted by molar-refractivity contribution is 6.30. The lowest BCUT2D eigenvalue weighted by molar-refractivity contribution is 0.596. The van der Waals surface area contributed by atoms with Crippen LogP contribution in [0.3, 0.4) is 0 Å². The van der Waals surface area contributed by atoms with Gasteiger partial charge in [-0.1, -0.05) is 11.6 Å². The van der Waals surface area contributed by atoms with Crippen molar-refractivity contribution in [3.8, 4) is 11.3 Å². The number of anilines is 1. The number of nitrogens with two attached hydrogens (primary N) is 1. The van der Waals surface area contributed by atoms with Crippen molar-refractivity contribution in [2.45, 2.75) is 37.8 Å². The molecule has 232 valence electrons. The van der Waals surface area contributed by atoms with Gasteiger partial charge in [-0.2, -0.15) is 0 Å². The smallest absolute Gasteiger partial charge is 0.282 e. The van der Waals surface area contributed by atoms with Gasteiger partial charge in [0.25, 0.3) is 11.1 Å². The number of hydrogen-bond donors (Lipinski definition) is 1. The maximum absolute atomic E-state index is 14.8. The van der Waals surface area contributed by atoms with E-state index in [1.54, 1.807) is 0 Å². The van der Waals surface area contributed by atoms with Crippen LogP contribution in [0.5, 0.6) is 0 Å². The summed E-state index contributed by atoms with van der Waals surface area (Å²) in [4.78, 5) is 41.1. The van der Waals surface area contributed by atoms with Crippen molar-refractivity contribution >= 4 is 61.6 Å². The van der Waals surface area contributed by atoms with Crippen molar-refractivity contribution in [3.05, 3.63) is 86.2 Å². The van der Waals surface area contributed by atoms with Gasteiger partial charge < -0.3 is 14.6 Å². The van der Waals surface area contributed by atoms with Gasteiger partial charge in [0.15, 0.2) is 46.0 Å². The van der Waals surface area contributed by atoms with Crippen molar-refractivity contribution in [1.29, 1.82) is 0 Å². The Morgan fingerprint density at radius 3 is 1.78 bits per heavy atom. The van der Waals surface area contributed by atoms with Gasteiger partial charge in [0.05, 0.1) is 16.5 Å². The summed E-state index contributed by atoms with van der Waals surface area (Å²) >= 11 is 5.71. The summed E-state index contributed by atoms with van der Waals surface area (Å²) in [5.41, 5.74) is 4.59. The first-order chi connectivity index (χ1) is 22.1. The van der Waals surface area contributed by atoms with Crippen molar-refractivity contribution in [3.63, 3.8) is 0 Å². The zero-order chi connectivity index (χ0) is 32.0. The third kappa shape index (κ3) is 4.33. The monoisotopic (exact) mass is 651 g/mol. The van der Waals surface area contributed by atoms with Gasteiger partial charge in [0.2, 0.25) is 0 Å². The number of nitrogen functional groups attached to an aromatic ring is 1. The molecule has 7 aromatic rings. The first-order valence-corrected chi connectivity index (χ1v) is 14.4. The Morgan fingerprint density at radius 1 is 0.717 bits per heavy atom. The first kappa shape index (κ1) is 28.2. The molecule has 0 bridgehead atoms. The van der Waals surface area contributed by atoms with E-state index in [4.69, 9.17) is 26.2 Å². The highest BCUT2D eigenvalue weighted by Crippen LogP contribution is 2.39. The summed E-state index contributed by atoms with van der Waals surface area (Å²) < 4.78 is 69.9. The lowest BCUT2D eigenvalue weighted by atomic mass is 10.1. The molecule has 0 aliphatic heterocycles. The Hall–Kier alpha value is -5.31. The Labute approximate surface area is 257 Å². The zero-order valence-corrected chi connectivity index (χ0v) is 24.0. The van der Waals surface area contributed by atoms with E-state index in [1.807, 2.05) is 0 Å². The van der Waals surface area contributed by atoms with E-state index in [9.17, 15) is 27.2 Å². The molecule has 0 atom stereocenters. The van der Waals surface area contributed by atoms with E-state index in [2.05, 4.69) is 19.9 Å². The molecule has 2 fully saturated rings. The molecule has 2 aliphatic carbocycles. The van der Waals surface area contributed by atoms with Crippen molar-refractivity contribution < 1.29 is 26.4 Å². The predicted octanol–water partition coefficient (Wildman–Crippen LogP) is 6.20. The number of oxazole rings is 2. The number of pyridine rings is 4. The van der Waals surface area contributed by atoms with Crippen LogP contribution in [0.15, 0.2) is 55.5 Å². The largest absolute Gasteiger partial charge is 0.442 e. The van der Waals surface area contributed by atoms with Gasteiger partial charge in [-0.15, -0.1) is 0 Å². The number of nitrogens with zero attached hydrogens (tertiary/aromatic N) is 6. The molecule has 2 saturated carbocycles. The number of aromatic nitrogens is 6. The van der Waals surface area contributed by atoms with Crippen LogP contribution in [0.1, 0.15) is 37.8 Å². The first-order valence-electron chi connectivity index (χ1n) is 14.0. The summed E-state index contributed by atoms with van der Waals surface area (Å²) in [5, 5.41) is 0.410. The fourth-order valence-electron chi connectivity index (χ4n) is 5.51. The van der Waals surface area contributed by atoms with Crippen molar-refractivity contribution in [2.24, 2.45) is 0 Å². The quantitative estimate of drug-likeness (QED) is 0.134. The number of benzene rings is 1. The van der Waals surface area contributed by atoms with Gasteiger partial charge in [-0.3, -0.25) is 18.7 Å². The minimum atomic E-state index is -0.916. The van der Waals surface area contributed by atoms with E-state index < -0.39 is 40.2 Å². The predicted molar refractivity (Wildman–Crippen MR) is 158 cm³/mol. The number of fused-ring (bicyclic) bond motifs is 6. The molecule has 16 heteroatoms. The second kappa shape index (κ2) is 10.1. The van der Waals surface area contributed by atoms with Crippen LogP contribution in [-0.2, 0) is 0 Å². The van der Waals surface area contributed by atoms with Gasteiger partial charge in [-0.05, 0) is 43.9 Å². The van der Waals surface area contributed by atoms with E-state index in [1.165, 1.54) is 21.6 Å². The molecular formula is C30H18ClF4N7O4. The van der Waals surface area contributed by atoms with Crippen molar-refractivity contribution in [1.82, 2.24) is 29.1 Å². The lowest BCUT2D eigenvalue weighted by Crippen LogP contribution is -2.21. The zero-order valence-electron chi connectivity index (χ0n) is 23.2. The number of hydrogen-bond acceptors (Lipinski definition) is 9. The molecule has 0 amide bonds. The van der Waals surface area contributed by atoms with E-state index in [-0.39, 0.29) is 61.6 Å². The highest BCUT2D eigenvalue weighted by atomic mass is 35.5. The Bertz CT molecular complexity index is 2540. The summed E-state index contributed by atoms with van der Waals surface area (Å²) in [6.45, 7) is 0. The molecule has 11 nitrogen and oxygen atoms in total. The average Bonchev–Trinajstić information content (AvgIpc) is 3.94. The molecule has 0 saturated heterocycles. The maximum atomic E-state index is 14.8. The average molecular weight is 652 g/mol. The Balaban J connectivity index is 0.000000144. The molecular weight excluding hydrogens is 634 g/mol. The Morgan fingerprint density at radius 2 is 1.24 bits per heavy atom. The summed E-state index contributed by atoms with van der Waals surface area (Å²) in [7, 11) is 0. The third-order valence-electron chi connectivity index (χ3n) is 7.96. The molecule has 46 heavy (non-hydrogen) atoms. The minimum absolute atomic E-state index is 0.0769. The van der Waals surface area contributed by atoms with Crippen LogP contribution in [0.2, 0.25) is 5.15 Å². The van der Waals surface area contributed by atoms with Gasteiger partial charge >= 0.3 is 0 Å². The fraction of sp³-hybridized carbons (Fsp3) is 0.200. The SMILES string of the molecule is Nc1cc(F)c(-c2nc3c(cc2F)c2ocnc2c(=O)n3C2CC2)cc1F.O=c1c2ncoc2c2cc(F)c(Cl)nc2n1C1CC1. The normalized spacial score (nSPS) is 14.8. The third-order valence-corrected chi connectivity index (χ3v) is 8.22. The second-order valence-electron chi connectivity index (χ2n) is 11.0. The molecule has 0 unspecified atom stereocenters. The van der Waals surface area contributed by atoms with E-state index in [0.29, 0.717) is 11.0 Å². The lowest BCUT2D eigenvalue weighted by Gasteiger charge is -2.12. The molecule has 0 radical (unpaired) electrons. The standard InChI is InChI=1S/C18H11F3N4O2.C12H7ClFN3O2/c19-10-5-13(22)11(20)3-8(10)14-12(21)4-9-16-15(23-6-27-16)18(26)25(7-1-2-7)17(9)24-14;13-10-7(14)3-6-9-8(15-4-19-9)12(18)17(5-1-2-5)11(6)16-10/h3-7H,1-2,22H2;3-5H,1-2H2. The topological polar surface area (TPSA) is 148 Å². The molecule has 0 spiro atoms. The summed E-state index contributed by atoms with van der Waals surface area (Å²) in [5.74, 6) is -3.34. The molecule has 1 aromatic carbocycles. The van der Waals surface area contributed by atoms with Gasteiger partial charge in [0.1, 0.15) is 34.4 Å². The van der Waals surface area contributed by atoms with E-state index >= 15 is 0 Å². The second-order valence-corrected chi connectivity index (χ2v) is 11.4. The van der Waals surface area contributed by atoms with Crippen molar-refractivity contribution in [2.75, 3.05) is 5.73 Å². The van der Waals surface area contributed by atoms with Crippen LogP contribution in [0.4, 0.5) is 23.2 Å². The molecule has 6 heterocycles. The minimum Gasteiger partial charge on any atom is -0.442 e. The number of rotatable bonds is 3. The van der Waals surface area contributed by atoms with Crippen LogP contribution in [-0.4, -0.2) is 29.1 Å². The summed E-state index contributed by atoms with van der Waals surface area (Å²) in [6, 6.07) is 3.87. The summed E-state index contributed by atoms with van der Waals surface area (Å²) in [6.07, 6.45) is 5.60. The van der Waals surface area contributed by atoms with Gasteiger partial charge in [-0.25, -0.2) is 37.5 Å². The molecule has 6 aromatic heterocycles. The molecule has 9 rings (SSSR count). The highest BCUT2D eigenvalue weighted by Gasteiger charge is 2.31. The Kier molecular flexibility index (Phi) is 6.19. The maximum Gasteiger partial charge on any atom is 0.282 e. The van der Waals surface area contributed by atoms with Crippen LogP contribution in [0.25, 0.3) is 55.5 Å². The molecule has 2 N–H and O–H groups in total. The molecule has 2 aliphatic rings. The van der Waals surface area contributed by atoms with Crippen LogP contribution < -0.4 is 16.9 Å². The van der Waals surface area contributed by atoms with Crippen LogP contribution >= 0.6 is 11.6 Å².